The zero-order chi connectivity index (χ0) is 13.4. The van der Waals surface area contributed by atoms with E-state index >= 15 is 0 Å². The van der Waals surface area contributed by atoms with Crippen LogP contribution in [0.25, 0.3) is 0 Å². The smallest absolute Gasteiger partial charge is 0.340 e. The lowest BCUT2D eigenvalue weighted by Gasteiger charge is -2.21. The zero-order valence-electron chi connectivity index (χ0n) is 10.8. The van der Waals surface area contributed by atoms with E-state index in [-0.39, 0.29) is 17.2 Å². The molecular weight excluding hydrogens is 244 g/mol. The maximum Gasteiger partial charge on any atom is 0.340 e. The van der Waals surface area contributed by atoms with E-state index in [1.807, 2.05) is 6.92 Å². The molecule has 0 aromatic carbocycles. The lowest BCUT2D eigenvalue weighted by Crippen LogP contribution is -2.26. The second-order valence-corrected chi connectivity index (χ2v) is 5.54. The molecule has 19 heavy (non-hydrogen) atoms. The van der Waals surface area contributed by atoms with Crippen molar-refractivity contribution in [2.24, 2.45) is 5.92 Å². The highest BCUT2D eigenvalue weighted by Crippen LogP contribution is 2.64. The van der Waals surface area contributed by atoms with E-state index in [0.29, 0.717) is 22.9 Å². The third-order valence-corrected chi connectivity index (χ3v) is 4.67. The number of piperidine rings is 1. The molecule has 1 aromatic heterocycles. The number of rotatable bonds is 1. The summed E-state index contributed by atoms with van der Waals surface area (Å²) >= 11 is 0. The third-order valence-electron chi connectivity index (χ3n) is 4.67. The lowest BCUT2D eigenvalue weighted by molar-refractivity contribution is 0.0598. The van der Waals surface area contributed by atoms with Gasteiger partial charge in [0.25, 0.3) is 0 Å². The molecule has 2 unspecified atom stereocenters. The Kier molecular flexibility index (Phi) is 1.77. The van der Waals surface area contributed by atoms with E-state index in [9.17, 15) is 9.59 Å². The first kappa shape index (κ1) is 10.8. The van der Waals surface area contributed by atoms with Gasteiger partial charge in [0.1, 0.15) is 0 Å². The molecule has 1 saturated carbocycles. The summed E-state index contributed by atoms with van der Waals surface area (Å²) < 4.78 is 4.88. The molecule has 1 aromatic rings. The second kappa shape index (κ2) is 3.10. The normalized spacial score (nSPS) is 29.9. The Balaban J connectivity index is 2.02. The van der Waals surface area contributed by atoms with Gasteiger partial charge in [-0.15, -0.1) is 0 Å². The largest absolute Gasteiger partial charge is 0.465 e. The summed E-state index contributed by atoms with van der Waals surface area (Å²) in [6, 6.07) is 0. The molecule has 0 amide bonds. The van der Waals surface area contributed by atoms with Crippen molar-refractivity contribution < 1.29 is 14.3 Å². The van der Waals surface area contributed by atoms with Crippen molar-refractivity contribution in [1.29, 1.82) is 0 Å². The van der Waals surface area contributed by atoms with Gasteiger partial charge in [0.2, 0.25) is 5.78 Å². The van der Waals surface area contributed by atoms with Gasteiger partial charge in [-0.25, -0.2) is 4.79 Å². The van der Waals surface area contributed by atoms with Crippen molar-refractivity contribution in [3.8, 4) is 0 Å². The summed E-state index contributed by atoms with van der Waals surface area (Å²) in [5.74, 6) is 0.0640. The van der Waals surface area contributed by atoms with Gasteiger partial charge in [-0.05, 0) is 19.3 Å². The Morgan fingerprint density at radius 1 is 1.53 bits per heavy atom. The van der Waals surface area contributed by atoms with Crippen LogP contribution in [0, 0.1) is 12.8 Å². The maximum absolute atomic E-state index is 12.2. The van der Waals surface area contributed by atoms with Crippen molar-refractivity contribution in [1.82, 2.24) is 10.3 Å². The molecule has 5 heteroatoms. The number of hydrogen-bond donors (Lipinski definition) is 2. The van der Waals surface area contributed by atoms with Crippen molar-refractivity contribution in [3.63, 3.8) is 0 Å². The summed E-state index contributed by atoms with van der Waals surface area (Å²) in [6.45, 7) is 2.69. The third kappa shape index (κ3) is 1.07. The first-order valence-electron chi connectivity index (χ1n) is 6.41. The van der Waals surface area contributed by atoms with Crippen LogP contribution in [0.1, 0.15) is 38.5 Å². The number of H-pyrrole nitrogens is 1. The highest BCUT2D eigenvalue weighted by atomic mass is 16.5. The van der Waals surface area contributed by atoms with Crippen LogP contribution in [-0.2, 0) is 10.2 Å². The monoisotopic (exact) mass is 258 g/mol. The Morgan fingerprint density at radius 3 is 3.00 bits per heavy atom. The number of ketones is 1. The summed E-state index contributed by atoms with van der Waals surface area (Å²) in [5, 5.41) is 3.29. The van der Waals surface area contributed by atoms with Gasteiger partial charge in [0.05, 0.1) is 18.4 Å². The number of fused-ring (bicyclic) bond motifs is 1. The van der Waals surface area contributed by atoms with Crippen molar-refractivity contribution in [3.05, 3.63) is 34.3 Å². The number of allylic oxidation sites excluding steroid dienone is 2. The SMILES string of the molecule is COC(=O)c1c(C)[nH]c2c1C13CC1CNC3=CC2=O. The molecule has 3 aliphatic rings. The van der Waals surface area contributed by atoms with E-state index in [1.54, 1.807) is 6.08 Å². The number of aromatic nitrogens is 1. The number of nitrogens with one attached hydrogen (secondary N) is 2. The van der Waals surface area contributed by atoms with E-state index < -0.39 is 0 Å². The van der Waals surface area contributed by atoms with Crippen LogP contribution in [0.2, 0.25) is 0 Å². The van der Waals surface area contributed by atoms with E-state index in [0.717, 1.165) is 24.2 Å². The van der Waals surface area contributed by atoms with Crippen LogP contribution in [0.3, 0.4) is 0 Å². The van der Waals surface area contributed by atoms with Crippen LogP contribution >= 0.6 is 0 Å². The lowest BCUT2D eigenvalue weighted by atomic mass is 9.83. The number of ether oxygens (including phenoxy) is 1. The molecule has 2 aliphatic carbocycles. The first-order chi connectivity index (χ1) is 9.09. The van der Waals surface area contributed by atoms with Gasteiger partial charge < -0.3 is 15.0 Å². The second-order valence-electron chi connectivity index (χ2n) is 5.54. The molecule has 2 fully saturated rings. The van der Waals surface area contributed by atoms with E-state index in [2.05, 4.69) is 10.3 Å². The van der Waals surface area contributed by atoms with Crippen LogP contribution in [0.4, 0.5) is 0 Å². The molecule has 2 N–H and O–H groups in total. The topological polar surface area (TPSA) is 71.2 Å². The van der Waals surface area contributed by atoms with E-state index in [4.69, 9.17) is 4.74 Å². The van der Waals surface area contributed by atoms with E-state index in [1.165, 1.54) is 7.11 Å². The minimum Gasteiger partial charge on any atom is -0.465 e. The molecule has 2 heterocycles. The van der Waals surface area contributed by atoms with Crippen molar-refractivity contribution in [2.75, 3.05) is 13.7 Å². The molecule has 2 atom stereocenters. The molecule has 0 radical (unpaired) electrons. The number of aromatic amines is 1. The average molecular weight is 258 g/mol. The van der Waals surface area contributed by atoms with Gasteiger partial charge in [-0.3, -0.25) is 4.79 Å². The maximum atomic E-state index is 12.2. The summed E-state index contributed by atoms with van der Waals surface area (Å²) in [5.41, 5.74) is 3.51. The fraction of sp³-hybridized carbons (Fsp3) is 0.429. The Hall–Kier alpha value is -2.04. The van der Waals surface area contributed by atoms with Crippen LogP contribution in [-0.4, -0.2) is 30.4 Å². The average Bonchev–Trinajstić information content (AvgIpc) is 2.83. The van der Waals surface area contributed by atoms with Gasteiger partial charge in [-0.1, -0.05) is 0 Å². The number of aryl methyl sites for hydroxylation is 1. The standard InChI is InChI=1S/C14H14N2O3/c1-6-10(13(18)19-2)11-12(16-6)8(17)3-9-14(11)4-7(14)5-15-9/h3,7,15-16H,4-5H2,1-2H3. The Morgan fingerprint density at radius 2 is 2.32 bits per heavy atom. The van der Waals surface area contributed by atoms with Crippen LogP contribution in [0.5, 0.6) is 0 Å². The molecule has 4 rings (SSSR count). The predicted octanol–water partition coefficient (Wildman–Crippen LogP) is 1.05. The number of esters is 1. The summed E-state index contributed by atoms with van der Waals surface area (Å²) in [7, 11) is 1.37. The first-order valence-corrected chi connectivity index (χ1v) is 6.41. The fourth-order valence-electron chi connectivity index (χ4n) is 3.73. The van der Waals surface area contributed by atoms with Gasteiger partial charge in [0.15, 0.2) is 0 Å². The van der Waals surface area contributed by atoms with Crippen LogP contribution < -0.4 is 5.32 Å². The highest BCUT2D eigenvalue weighted by molar-refractivity contribution is 6.10. The Labute approximate surface area is 110 Å². The Bertz CT molecular complexity index is 670. The van der Waals surface area contributed by atoms with Gasteiger partial charge in [0, 0.05) is 35.0 Å². The zero-order valence-corrected chi connectivity index (χ0v) is 10.8. The number of methoxy groups -OCH3 is 1. The highest BCUT2D eigenvalue weighted by Gasteiger charge is 2.65. The van der Waals surface area contributed by atoms with Crippen molar-refractivity contribution in [2.45, 2.75) is 18.8 Å². The molecular formula is C14H14N2O3. The number of carbonyl (C=O) groups excluding carboxylic acids is 2. The quantitative estimate of drug-likeness (QED) is 0.739. The van der Waals surface area contributed by atoms with Gasteiger partial charge >= 0.3 is 5.97 Å². The molecule has 1 spiro atoms. The number of hydrogen-bond acceptors (Lipinski definition) is 4. The molecule has 1 saturated heterocycles. The molecule has 98 valence electrons. The number of carbonyl (C=O) groups is 2. The molecule has 5 nitrogen and oxygen atoms in total. The molecule has 1 aliphatic heterocycles. The summed E-state index contributed by atoms with van der Waals surface area (Å²) in [6.07, 6.45) is 2.68. The minimum atomic E-state index is -0.365. The fourth-order valence-corrected chi connectivity index (χ4v) is 3.73. The summed E-state index contributed by atoms with van der Waals surface area (Å²) in [4.78, 5) is 27.3. The molecule has 0 bridgehead atoms. The van der Waals surface area contributed by atoms with Crippen LogP contribution in [0.15, 0.2) is 11.8 Å². The van der Waals surface area contributed by atoms with Gasteiger partial charge in [-0.2, -0.15) is 0 Å². The van der Waals surface area contributed by atoms with Crippen molar-refractivity contribution >= 4 is 11.8 Å². The minimum absolute atomic E-state index is 0.0612. The predicted molar refractivity (Wildman–Crippen MR) is 67.1 cm³/mol.